The Labute approximate surface area is 129 Å². The number of benzene rings is 1. The maximum absolute atomic E-state index is 4.73. The van der Waals surface area contributed by atoms with Crippen LogP contribution < -0.4 is 10.6 Å². The summed E-state index contributed by atoms with van der Waals surface area (Å²) < 4.78 is 1.19. The van der Waals surface area contributed by atoms with Gasteiger partial charge in [-0.2, -0.15) is 0 Å². The zero-order chi connectivity index (χ0) is 14.4. The van der Waals surface area contributed by atoms with Crippen LogP contribution in [0.2, 0.25) is 0 Å². The average Bonchev–Trinajstić information content (AvgIpc) is 3.23. The molecule has 1 saturated carbocycles. The first kappa shape index (κ1) is 15.1. The molecule has 2 N–H and O–H groups in total. The SMILES string of the molecule is C=CCNC(=NCC1(c2ccccc2Br)CC1)NCC. The fraction of sp³-hybridized carbons (Fsp3) is 0.438. The molecule has 1 fully saturated rings. The fourth-order valence-electron chi connectivity index (χ4n) is 2.30. The van der Waals surface area contributed by atoms with E-state index in [4.69, 9.17) is 4.99 Å². The first-order valence-corrected chi connectivity index (χ1v) is 7.89. The average molecular weight is 336 g/mol. The standard InChI is InChI=1S/C16H22BrN3/c1-3-11-19-15(18-4-2)20-12-16(9-10-16)13-7-5-6-8-14(13)17/h3,5-8H,1,4,9-12H2,2H3,(H2,18,19,20). The molecule has 0 bridgehead atoms. The summed E-state index contributed by atoms with van der Waals surface area (Å²) in [7, 11) is 0. The van der Waals surface area contributed by atoms with Crippen molar-refractivity contribution in [2.75, 3.05) is 19.6 Å². The summed E-state index contributed by atoms with van der Waals surface area (Å²) >= 11 is 3.66. The van der Waals surface area contributed by atoms with Crippen LogP contribution in [0.25, 0.3) is 0 Å². The minimum Gasteiger partial charge on any atom is -0.357 e. The number of hydrogen-bond donors (Lipinski definition) is 2. The van der Waals surface area contributed by atoms with Crippen molar-refractivity contribution in [1.29, 1.82) is 0 Å². The first-order chi connectivity index (χ1) is 9.72. The second kappa shape index (κ2) is 6.93. The summed E-state index contributed by atoms with van der Waals surface area (Å²) in [6.45, 7) is 8.21. The topological polar surface area (TPSA) is 36.4 Å². The third-order valence-electron chi connectivity index (χ3n) is 3.60. The summed E-state index contributed by atoms with van der Waals surface area (Å²) in [5.74, 6) is 0.866. The van der Waals surface area contributed by atoms with Gasteiger partial charge in [0, 0.05) is 23.0 Å². The molecule has 0 aromatic heterocycles. The van der Waals surface area contributed by atoms with E-state index in [0.717, 1.165) is 25.6 Å². The van der Waals surface area contributed by atoms with Crippen LogP contribution in [0.4, 0.5) is 0 Å². The molecule has 1 aliphatic carbocycles. The smallest absolute Gasteiger partial charge is 0.191 e. The molecule has 3 nitrogen and oxygen atoms in total. The van der Waals surface area contributed by atoms with Gasteiger partial charge in [-0.15, -0.1) is 6.58 Å². The van der Waals surface area contributed by atoms with Gasteiger partial charge in [-0.05, 0) is 31.4 Å². The molecule has 0 radical (unpaired) electrons. The van der Waals surface area contributed by atoms with Crippen LogP contribution in [0.3, 0.4) is 0 Å². The molecule has 0 saturated heterocycles. The highest BCUT2D eigenvalue weighted by atomic mass is 79.9. The third kappa shape index (κ3) is 3.63. The van der Waals surface area contributed by atoms with Gasteiger partial charge in [-0.3, -0.25) is 4.99 Å². The van der Waals surface area contributed by atoms with Crippen molar-refractivity contribution in [2.24, 2.45) is 4.99 Å². The fourth-order valence-corrected chi connectivity index (χ4v) is 3.00. The first-order valence-electron chi connectivity index (χ1n) is 7.10. The molecule has 0 aliphatic heterocycles. The van der Waals surface area contributed by atoms with E-state index in [-0.39, 0.29) is 5.41 Å². The number of nitrogens with one attached hydrogen (secondary N) is 2. The van der Waals surface area contributed by atoms with Crippen LogP contribution in [-0.2, 0) is 5.41 Å². The summed E-state index contributed by atoms with van der Waals surface area (Å²) in [6.07, 6.45) is 4.26. The Morgan fingerprint density at radius 2 is 2.15 bits per heavy atom. The lowest BCUT2D eigenvalue weighted by molar-refractivity contribution is 0.692. The molecule has 0 heterocycles. The zero-order valence-corrected chi connectivity index (χ0v) is 13.5. The van der Waals surface area contributed by atoms with Gasteiger partial charge in [0.15, 0.2) is 5.96 Å². The van der Waals surface area contributed by atoms with Crippen molar-refractivity contribution in [1.82, 2.24) is 10.6 Å². The number of halogens is 1. The molecule has 20 heavy (non-hydrogen) atoms. The molecular weight excluding hydrogens is 314 g/mol. The molecule has 0 spiro atoms. The van der Waals surface area contributed by atoms with Crippen LogP contribution in [0, 0.1) is 0 Å². The summed E-state index contributed by atoms with van der Waals surface area (Å²) in [5.41, 5.74) is 1.60. The zero-order valence-electron chi connectivity index (χ0n) is 12.0. The van der Waals surface area contributed by atoms with Gasteiger partial charge in [-0.25, -0.2) is 0 Å². The Morgan fingerprint density at radius 3 is 2.75 bits per heavy atom. The van der Waals surface area contributed by atoms with E-state index in [2.05, 4.69) is 64.3 Å². The van der Waals surface area contributed by atoms with Gasteiger partial charge in [-0.1, -0.05) is 40.2 Å². The third-order valence-corrected chi connectivity index (χ3v) is 4.29. The molecule has 1 aromatic rings. The largest absolute Gasteiger partial charge is 0.357 e. The van der Waals surface area contributed by atoms with Gasteiger partial charge in [0.1, 0.15) is 0 Å². The Bertz CT molecular complexity index is 492. The molecule has 1 aromatic carbocycles. The van der Waals surface area contributed by atoms with E-state index >= 15 is 0 Å². The van der Waals surface area contributed by atoms with Crippen LogP contribution in [0.15, 0.2) is 46.4 Å². The van der Waals surface area contributed by atoms with Crippen LogP contribution in [0.1, 0.15) is 25.3 Å². The Balaban J connectivity index is 2.08. The van der Waals surface area contributed by atoms with Crippen LogP contribution in [-0.4, -0.2) is 25.6 Å². The van der Waals surface area contributed by atoms with Crippen molar-refractivity contribution in [3.05, 3.63) is 47.0 Å². The lowest BCUT2D eigenvalue weighted by Gasteiger charge is -2.16. The van der Waals surface area contributed by atoms with Gasteiger partial charge in [0.2, 0.25) is 0 Å². The Morgan fingerprint density at radius 1 is 1.40 bits per heavy atom. The number of guanidine groups is 1. The van der Waals surface area contributed by atoms with Crippen molar-refractivity contribution < 1.29 is 0 Å². The predicted octanol–water partition coefficient (Wildman–Crippen LogP) is 3.22. The molecule has 108 valence electrons. The molecule has 0 amide bonds. The van der Waals surface area contributed by atoms with Crippen molar-refractivity contribution in [2.45, 2.75) is 25.2 Å². The lowest BCUT2D eigenvalue weighted by atomic mass is 9.96. The summed E-state index contributed by atoms with van der Waals surface area (Å²) in [5, 5.41) is 6.51. The molecule has 2 rings (SSSR count). The van der Waals surface area contributed by atoms with E-state index in [1.165, 1.54) is 22.9 Å². The lowest BCUT2D eigenvalue weighted by Crippen LogP contribution is -2.38. The maximum atomic E-state index is 4.73. The van der Waals surface area contributed by atoms with Gasteiger partial charge < -0.3 is 10.6 Å². The van der Waals surface area contributed by atoms with Crippen molar-refractivity contribution in [3.8, 4) is 0 Å². The summed E-state index contributed by atoms with van der Waals surface area (Å²) in [4.78, 5) is 4.73. The molecule has 0 unspecified atom stereocenters. The van der Waals surface area contributed by atoms with E-state index in [0.29, 0.717) is 0 Å². The number of hydrogen-bond acceptors (Lipinski definition) is 1. The van der Waals surface area contributed by atoms with Gasteiger partial charge >= 0.3 is 0 Å². The quantitative estimate of drug-likeness (QED) is 0.475. The van der Waals surface area contributed by atoms with Gasteiger partial charge in [0.05, 0.1) is 6.54 Å². The highest BCUT2D eigenvalue weighted by molar-refractivity contribution is 9.10. The predicted molar refractivity (Wildman–Crippen MR) is 89.2 cm³/mol. The van der Waals surface area contributed by atoms with Crippen molar-refractivity contribution >= 4 is 21.9 Å². The number of rotatable bonds is 6. The summed E-state index contributed by atoms with van der Waals surface area (Å²) in [6, 6.07) is 8.48. The van der Waals surface area contributed by atoms with Crippen molar-refractivity contribution in [3.63, 3.8) is 0 Å². The maximum Gasteiger partial charge on any atom is 0.191 e. The normalized spacial score (nSPS) is 16.6. The van der Waals surface area contributed by atoms with Crippen LogP contribution in [0.5, 0.6) is 0 Å². The second-order valence-electron chi connectivity index (χ2n) is 5.12. The van der Waals surface area contributed by atoms with E-state index in [9.17, 15) is 0 Å². The van der Waals surface area contributed by atoms with Crippen LogP contribution >= 0.6 is 15.9 Å². The molecule has 4 heteroatoms. The Kier molecular flexibility index (Phi) is 5.24. The van der Waals surface area contributed by atoms with E-state index < -0.39 is 0 Å². The number of aliphatic imine (C=N–C) groups is 1. The van der Waals surface area contributed by atoms with Gasteiger partial charge in [0.25, 0.3) is 0 Å². The molecular formula is C16H22BrN3. The van der Waals surface area contributed by atoms with E-state index in [1.807, 2.05) is 6.08 Å². The molecule has 1 aliphatic rings. The minimum absolute atomic E-state index is 0.219. The number of nitrogens with zero attached hydrogens (tertiary/aromatic N) is 1. The Hall–Kier alpha value is -1.29. The second-order valence-corrected chi connectivity index (χ2v) is 5.98. The highest BCUT2D eigenvalue weighted by Crippen LogP contribution is 2.50. The minimum atomic E-state index is 0.219. The monoisotopic (exact) mass is 335 g/mol. The van der Waals surface area contributed by atoms with E-state index in [1.54, 1.807) is 0 Å². The highest BCUT2D eigenvalue weighted by Gasteiger charge is 2.45. The molecule has 0 atom stereocenters.